The number of benzene rings is 3. The van der Waals surface area contributed by atoms with E-state index in [0.29, 0.717) is 30.0 Å². The summed E-state index contributed by atoms with van der Waals surface area (Å²) in [5.74, 6) is 0.323. The third-order valence-corrected chi connectivity index (χ3v) is 3.92. The van der Waals surface area contributed by atoms with Crippen molar-refractivity contribution < 1.29 is 14.3 Å². The molecule has 3 aromatic rings. The van der Waals surface area contributed by atoms with Crippen LogP contribution in [0.1, 0.15) is 15.9 Å². The molecule has 3 aromatic carbocycles. The Labute approximate surface area is 145 Å². The Morgan fingerprint density at radius 2 is 1.80 bits per heavy atom. The molecule has 0 spiro atoms. The summed E-state index contributed by atoms with van der Waals surface area (Å²) >= 11 is 0. The molecule has 2 N–H and O–H groups in total. The third-order valence-electron chi connectivity index (χ3n) is 3.92. The number of carbonyl (C=O) groups excluding carboxylic acids is 2. The normalized spacial score (nSPS) is 10.3. The molecule has 0 atom stereocenters. The fourth-order valence-corrected chi connectivity index (χ4v) is 2.68. The van der Waals surface area contributed by atoms with Crippen LogP contribution in [0.2, 0.25) is 0 Å². The number of amides is 2. The van der Waals surface area contributed by atoms with Gasteiger partial charge in [0.05, 0.1) is 12.7 Å². The standard InChI is InChI=1S/C20H18N2O3/c1-25-19-11-16-7-3-2-6-15(16)10-18(19)20(24)21-12-14-5-4-8-17(9-14)22-13-23/h2-11,13H,12H2,1H3,(H,21,24)(H,22,23). The van der Waals surface area contributed by atoms with Crippen LogP contribution in [0.25, 0.3) is 10.8 Å². The second-order valence-electron chi connectivity index (χ2n) is 5.54. The van der Waals surface area contributed by atoms with E-state index in [4.69, 9.17) is 4.74 Å². The number of fused-ring (bicyclic) bond motifs is 1. The van der Waals surface area contributed by atoms with E-state index in [1.807, 2.05) is 54.6 Å². The van der Waals surface area contributed by atoms with E-state index >= 15 is 0 Å². The Hall–Kier alpha value is -3.34. The lowest BCUT2D eigenvalue weighted by atomic mass is 10.1. The highest BCUT2D eigenvalue weighted by Gasteiger charge is 2.13. The van der Waals surface area contributed by atoms with Gasteiger partial charge in [0.25, 0.3) is 5.91 Å². The van der Waals surface area contributed by atoms with E-state index in [2.05, 4.69) is 10.6 Å². The topological polar surface area (TPSA) is 67.4 Å². The molecule has 0 heterocycles. The monoisotopic (exact) mass is 334 g/mol. The smallest absolute Gasteiger partial charge is 0.255 e. The zero-order valence-electron chi connectivity index (χ0n) is 13.8. The van der Waals surface area contributed by atoms with Crippen molar-refractivity contribution in [2.45, 2.75) is 6.54 Å². The quantitative estimate of drug-likeness (QED) is 0.679. The van der Waals surface area contributed by atoms with Crippen LogP contribution in [0, 0.1) is 0 Å². The summed E-state index contributed by atoms with van der Waals surface area (Å²) in [5, 5.41) is 7.48. The molecular weight excluding hydrogens is 316 g/mol. The van der Waals surface area contributed by atoms with Crippen molar-refractivity contribution in [3.8, 4) is 5.75 Å². The van der Waals surface area contributed by atoms with Gasteiger partial charge in [0, 0.05) is 12.2 Å². The number of ether oxygens (including phenoxy) is 1. The Morgan fingerprint density at radius 3 is 2.52 bits per heavy atom. The molecule has 0 radical (unpaired) electrons. The first-order valence-corrected chi connectivity index (χ1v) is 7.85. The van der Waals surface area contributed by atoms with Gasteiger partial charge < -0.3 is 15.4 Å². The van der Waals surface area contributed by atoms with E-state index in [1.54, 1.807) is 13.2 Å². The van der Waals surface area contributed by atoms with Crippen molar-refractivity contribution in [3.63, 3.8) is 0 Å². The van der Waals surface area contributed by atoms with Gasteiger partial charge in [0.2, 0.25) is 6.41 Å². The molecule has 0 aromatic heterocycles. The lowest BCUT2D eigenvalue weighted by Crippen LogP contribution is -2.23. The highest BCUT2D eigenvalue weighted by atomic mass is 16.5. The van der Waals surface area contributed by atoms with E-state index in [9.17, 15) is 9.59 Å². The Bertz CT molecular complexity index is 922. The maximum atomic E-state index is 12.6. The molecule has 0 aliphatic heterocycles. The van der Waals surface area contributed by atoms with Crippen molar-refractivity contribution >= 4 is 28.8 Å². The first kappa shape index (κ1) is 16.5. The zero-order chi connectivity index (χ0) is 17.6. The molecule has 0 saturated heterocycles. The van der Waals surface area contributed by atoms with Crippen LogP contribution < -0.4 is 15.4 Å². The van der Waals surface area contributed by atoms with Crippen molar-refractivity contribution in [2.75, 3.05) is 12.4 Å². The first-order valence-electron chi connectivity index (χ1n) is 7.85. The lowest BCUT2D eigenvalue weighted by molar-refractivity contribution is -0.105. The molecule has 0 aliphatic carbocycles. The van der Waals surface area contributed by atoms with Crippen molar-refractivity contribution in [1.82, 2.24) is 5.32 Å². The summed E-state index contributed by atoms with van der Waals surface area (Å²) in [6.45, 7) is 0.350. The highest BCUT2D eigenvalue weighted by Crippen LogP contribution is 2.26. The largest absolute Gasteiger partial charge is 0.496 e. The first-order chi connectivity index (χ1) is 12.2. The minimum atomic E-state index is -0.212. The van der Waals surface area contributed by atoms with Crippen LogP contribution in [0.15, 0.2) is 60.7 Å². The van der Waals surface area contributed by atoms with E-state index in [0.717, 1.165) is 16.3 Å². The number of hydrogen-bond acceptors (Lipinski definition) is 3. The van der Waals surface area contributed by atoms with Gasteiger partial charge in [-0.25, -0.2) is 0 Å². The zero-order valence-corrected chi connectivity index (χ0v) is 13.8. The second-order valence-corrected chi connectivity index (χ2v) is 5.54. The molecule has 25 heavy (non-hydrogen) atoms. The van der Waals surface area contributed by atoms with Crippen molar-refractivity contribution in [1.29, 1.82) is 0 Å². The summed E-state index contributed by atoms with van der Waals surface area (Å²) in [4.78, 5) is 23.1. The van der Waals surface area contributed by atoms with Gasteiger partial charge in [0.15, 0.2) is 0 Å². The molecule has 5 heteroatoms. The van der Waals surface area contributed by atoms with Crippen molar-refractivity contribution in [3.05, 3.63) is 71.8 Å². The predicted molar refractivity (Wildman–Crippen MR) is 97.8 cm³/mol. The summed E-state index contributed by atoms with van der Waals surface area (Å²) in [6.07, 6.45) is 0.623. The van der Waals surface area contributed by atoms with E-state index in [1.165, 1.54) is 0 Å². The molecule has 0 bridgehead atoms. The number of hydrogen-bond donors (Lipinski definition) is 2. The van der Waals surface area contributed by atoms with Gasteiger partial charge in [-0.1, -0.05) is 36.4 Å². The van der Waals surface area contributed by atoms with E-state index in [-0.39, 0.29) is 5.91 Å². The lowest BCUT2D eigenvalue weighted by Gasteiger charge is -2.11. The fourth-order valence-electron chi connectivity index (χ4n) is 2.68. The number of nitrogens with one attached hydrogen (secondary N) is 2. The Morgan fingerprint density at radius 1 is 1.04 bits per heavy atom. The molecule has 126 valence electrons. The summed E-state index contributed by atoms with van der Waals surface area (Å²) in [6, 6.07) is 18.8. The number of rotatable bonds is 6. The molecule has 0 fully saturated rings. The summed E-state index contributed by atoms with van der Waals surface area (Å²) < 4.78 is 5.37. The van der Waals surface area contributed by atoms with Gasteiger partial charge in [-0.3, -0.25) is 9.59 Å². The highest BCUT2D eigenvalue weighted by molar-refractivity contribution is 6.01. The van der Waals surface area contributed by atoms with Crippen LogP contribution in [0.4, 0.5) is 5.69 Å². The van der Waals surface area contributed by atoms with Gasteiger partial charge in [-0.2, -0.15) is 0 Å². The van der Waals surface area contributed by atoms with Crippen LogP contribution in [-0.4, -0.2) is 19.4 Å². The van der Waals surface area contributed by atoms with Crippen molar-refractivity contribution in [2.24, 2.45) is 0 Å². The minimum Gasteiger partial charge on any atom is -0.496 e. The average Bonchev–Trinajstić information content (AvgIpc) is 2.65. The molecule has 0 saturated carbocycles. The average molecular weight is 334 g/mol. The van der Waals surface area contributed by atoms with Crippen LogP contribution >= 0.6 is 0 Å². The van der Waals surface area contributed by atoms with E-state index < -0.39 is 0 Å². The molecule has 5 nitrogen and oxygen atoms in total. The molecular formula is C20H18N2O3. The molecule has 2 amide bonds. The molecule has 0 unspecified atom stereocenters. The molecule has 0 aliphatic rings. The van der Waals surface area contributed by atoms with Crippen LogP contribution in [0.5, 0.6) is 5.75 Å². The third kappa shape index (κ3) is 3.77. The minimum absolute atomic E-state index is 0.212. The fraction of sp³-hybridized carbons (Fsp3) is 0.100. The number of methoxy groups -OCH3 is 1. The second kappa shape index (κ2) is 7.49. The van der Waals surface area contributed by atoms with Gasteiger partial charge >= 0.3 is 0 Å². The number of carbonyl (C=O) groups is 2. The van der Waals surface area contributed by atoms with Crippen LogP contribution in [0.3, 0.4) is 0 Å². The Balaban J connectivity index is 1.80. The van der Waals surface area contributed by atoms with Crippen LogP contribution in [-0.2, 0) is 11.3 Å². The Kier molecular flexibility index (Phi) is 4.95. The van der Waals surface area contributed by atoms with Gasteiger partial charge in [-0.05, 0) is 40.6 Å². The van der Waals surface area contributed by atoms with Gasteiger partial charge in [-0.15, -0.1) is 0 Å². The maximum absolute atomic E-state index is 12.6. The summed E-state index contributed by atoms with van der Waals surface area (Å²) in [5.41, 5.74) is 2.06. The molecule has 3 rings (SSSR count). The number of anilines is 1. The SMILES string of the molecule is COc1cc2ccccc2cc1C(=O)NCc1cccc(NC=O)c1. The van der Waals surface area contributed by atoms with Gasteiger partial charge in [0.1, 0.15) is 5.75 Å². The summed E-state index contributed by atoms with van der Waals surface area (Å²) in [7, 11) is 1.55. The maximum Gasteiger partial charge on any atom is 0.255 e. The predicted octanol–water partition coefficient (Wildman–Crippen LogP) is 3.35.